The van der Waals surface area contributed by atoms with Crippen LogP contribution in [-0.4, -0.2) is 58.3 Å². The molecule has 0 bridgehead atoms. The first-order valence-corrected chi connectivity index (χ1v) is 7.91. The molecule has 0 radical (unpaired) electrons. The second-order valence-corrected chi connectivity index (χ2v) is 6.40. The molecule has 1 aromatic heterocycles. The van der Waals surface area contributed by atoms with E-state index < -0.39 is 0 Å². The normalized spacial score (nSPS) is 23.4. The van der Waals surface area contributed by atoms with Crippen molar-refractivity contribution >= 4 is 0 Å². The van der Waals surface area contributed by atoms with Gasteiger partial charge in [-0.05, 0) is 26.7 Å². The standard InChI is InChI=1S/C15H27N5/c1-12(2)20-11-13(10-17-20)15(9-16)19-7-5-18(6-8-19)14-3-4-14/h10-12,14-15H,3-9,16H2,1-2H3. The highest BCUT2D eigenvalue weighted by molar-refractivity contribution is 5.12. The van der Waals surface area contributed by atoms with Gasteiger partial charge < -0.3 is 5.73 Å². The van der Waals surface area contributed by atoms with Crippen molar-refractivity contribution in [2.45, 2.75) is 44.8 Å². The van der Waals surface area contributed by atoms with Crippen LogP contribution < -0.4 is 5.73 Å². The smallest absolute Gasteiger partial charge is 0.0538 e. The van der Waals surface area contributed by atoms with E-state index in [0.717, 1.165) is 19.1 Å². The Hall–Kier alpha value is -0.910. The first-order chi connectivity index (χ1) is 9.69. The Labute approximate surface area is 121 Å². The van der Waals surface area contributed by atoms with Crippen molar-refractivity contribution in [2.75, 3.05) is 32.7 Å². The third-order valence-electron chi connectivity index (χ3n) is 4.61. The van der Waals surface area contributed by atoms with Crippen molar-refractivity contribution in [3.8, 4) is 0 Å². The van der Waals surface area contributed by atoms with Crippen molar-refractivity contribution in [1.82, 2.24) is 19.6 Å². The summed E-state index contributed by atoms with van der Waals surface area (Å²) >= 11 is 0. The van der Waals surface area contributed by atoms with Crippen molar-refractivity contribution in [2.24, 2.45) is 5.73 Å². The topological polar surface area (TPSA) is 50.3 Å². The number of piperazine rings is 1. The summed E-state index contributed by atoms with van der Waals surface area (Å²) in [7, 11) is 0. The van der Waals surface area contributed by atoms with Crippen LogP contribution in [0.5, 0.6) is 0 Å². The van der Waals surface area contributed by atoms with Crippen LogP contribution in [0.15, 0.2) is 12.4 Å². The van der Waals surface area contributed by atoms with Gasteiger partial charge in [0.15, 0.2) is 0 Å². The highest BCUT2D eigenvalue weighted by atomic mass is 15.3. The predicted octanol–water partition coefficient (Wildman–Crippen LogP) is 1.24. The van der Waals surface area contributed by atoms with Gasteiger partial charge in [-0.25, -0.2) is 0 Å². The minimum atomic E-state index is 0.323. The molecule has 1 aliphatic carbocycles. The quantitative estimate of drug-likeness (QED) is 0.880. The maximum atomic E-state index is 6.04. The largest absolute Gasteiger partial charge is 0.329 e. The Bertz CT molecular complexity index is 429. The van der Waals surface area contributed by atoms with Gasteiger partial charge in [0.2, 0.25) is 0 Å². The van der Waals surface area contributed by atoms with Crippen LogP contribution in [0.4, 0.5) is 0 Å². The van der Waals surface area contributed by atoms with Crippen LogP contribution in [0.2, 0.25) is 0 Å². The minimum absolute atomic E-state index is 0.323. The van der Waals surface area contributed by atoms with Gasteiger partial charge in [0, 0.05) is 56.6 Å². The van der Waals surface area contributed by atoms with Gasteiger partial charge in [0.05, 0.1) is 12.2 Å². The van der Waals surface area contributed by atoms with E-state index in [-0.39, 0.29) is 0 Å². The number of nitrogens with zero attached hydrogens (tertiary/aromatic N) is 4. The molecule has 3 rings (SSSR count). The molecular weight excluding hydrogens is 250 g/mol. The highest BCUT2D eigenvalue weighted by Gasteiger charge is 2.33. The number of aromatic nitrogens is 2. The van der Waals surface area contributed by atoms with Crippen molar-refractivity contribution in [3.63, 3.8) is 0 Å². The molecule has 1 saturated heterocycles. The second kappa shape index (κ2) is 5.84. The van der Waals surface area contributed by atoms with E-state index in [4.69, 9.17) is 5.73 Å². The number of hydrogen-bond acceptors (Lipinski definition) is 4. The average Bonchev–Trinajstić information content (AvgIpc) is 3.19. The van der Waals surface area contributed by atoms with E-state index in [1.54, 1.807) is 0 Å². The Balaban J connectivity index is 1.63. The van der Waals surface area contributed by atoms with Crippen LogP contribution in [0.3, 0.4) is 0 Å². The SMILES string of the molecule is CC(C)n1cc(C(CN)N2CCN(C3CC3)CC2)cn1. The molecule has 1 saturated carbocycles. The zero-order valence-corrected chi connectivity index (χ0v) is 12.7. The van der Waals surface area contributed by atoms with Crippen molar-refractivity contribution in [3.05, 3.63) is 18.0 Å². The fourth-order valence-corrected chi connectivity index (χ4v) is 3.16. The lowest BCUT2D eigenvalue weighted by molar-refractivity contribution is 0.0938. The lowest BCUT2D eigenvalue weighted by Crippen LogP contribution is -2.49. The van der Waals surface area contributed by atoms with E-state index in [0.29, 0.717) is 18.6 Å². The average molecular weight is 277 g/mol. The molecular formula is C15H27N5. The van der Waals surface area contributed by atoms with E-state index in [9.17, 15) is 0 Å². The molecule has 0 aromatic carbocycles. The first kappa shape index (κ1) is 14.0. The van der Waals surface area contributed by atoms with Gasteiger partial charge in [-0.1, -0.05) is 0 Å². The van der Waals surface area contributed by atoms with Crippen LogP contribution in [-0.2, 0) is 0 Å². The van der Waals surface area contributed by atoms with Gasteiger partial charge in [0.25, 0.3) is 0 Å². The van der Waals surface area contributed by atoms with Gasteiger partial charge in [-0.15, -0.1) is 0 Å². The van der Waals surface area contributed by atoms with E-state index in [1.807, 2.05) is 10.9 Å². The number of hydrogen-bond donors (Lipinski definition) is 1. The first-order valence-electron chi connectivity index (χ1n) is 7.91. The summed E-state index contributed by atoms with van der Waals surface area (Å²) in [4.78, 5) is 5.17. The highest BCUT2D eigenvalue weighted by Crippen LogP contribution is 2.29. The van der Waals surface area contributed by atoms with Gasteiger partial charge in [-0.2, -0.15) is 5.10 Å². The molecule has 5 nitrogen and oxygen atoms in total. The maximum Gasteiger partial charge on any atom is 0.0538 e. The molecule has 0 spiro atoms. The molecule has 2 aliphatic rings. The molecule has 2 N–H and O–H groups in total. The number of nitrogens with two attached hydrogens (primary N) is 1. The summed E-state index contributed by atoms with van der Waals surface area (Å²) in [5.74, 6) is 0. The van der Waals surface area contributed by atoms with Crippen molar-refractivity contribution < 1.29 is 0 Å². The summed E-state index contributed by atoms with van der Waals surface area (Å²) in [5.41, 5.74) is 7.30. The fraction of sp³-hybridized carbons (Fsp3) is 0.800. The summed E-state index contributed by atoms with van der Waals surface area (Å²) < 4.78 is 2.03. The minimum Gasteiger partial charge on any atom is -0.329 e. The lowest BCUT2D eigenvalue weighted by Gasteiger charge is -2.38. The summed E-state index contributed by atoms with van der Waals surface area (Å²) in [6.45, 7) is 9.63. The van der Waals surface area contributed by atoms with Crippen LogP contribution >= 0.6 is 0 Å². The maximum absolute atomic E-state index is 6.04. The molecule has 112 valence electrons. The number of rotatable bonds is 5. The second-order valence-electron chi connectivity index (χ2n) is 6.40. The third-order valence-corrected chi connectivity index (χ3v) is 4.61. The molecule has 5 heteroatoms. The van der Waals surface area contributed by atoms with Crippen LogP contribution in [0.25, 0.3) is 0 Å². The zero-order valence-electron chi connectivity index (χ0n) is 12.7. The van der Waals surface area contributed by atoms with E-state index in [2.05, 4.69) is 34.9 Å². The van der Waals surface area contributed by atoms with Gasteiger partial charge in [0.1, 0.15) is 0 Å². The molecule has 20 heavy (non-hydrogen) atoms. The van der Waals surface area contributed by atoms with Gasteiger partial charge >= 0.3 is 0 Å². The summed E-state index contributed by atoms with van der Waals surface area (Å²) in [6.07, 6.45) is 6.96. The summed E-state index contributed by atoms with van der Waals surface area (Å²) in [6, 6.07) is 1.62. The molecule has 1 atom stereocenters. The molecule has 1 aliphatic heterocycles. The lowest BCUT2D eigenvalue weighted by atomic mass is 10.1. The Morgan fingerprint density at radius 1 is 1.25 bits per heavy atom. The molecule has 2 heterocycles. The van der Waals surface area contributed by atoms with E-state index >= 15 is 0 Å². The Morgan fingerprint density at radius 2 is 1.95 bits per heavy atom. The Morgan fingerprint density at radius 3 is 2.45 bits per heavy atom. The fourth-order valence-electron chi connectivity index (χ4n) is 3.16. The van der Waals surface area contributed by atoms with Crippen LogP contribution in [0, 0.1) is 0 Å². The zero-order chi connectivity index (χ0) is 14.1. The van der Waals surface area contributed by atoms with Gasteiger partial charge in [-0.3, -0.25) is 14.5 Å². The molecule has 1 aromatic rings. The van der Waals surface area contributed by atoms with Crippen LogP contribution in [0.1, 0.15) is 44.3 Å². The van der Waals surface area contributed by atoms with E-state index in [1.165, 1.54) is 31.5 Å². The third kappa shape index (κ3) is 2.90. The predicted molar refractivity (Wildman–Crippen MR) is 80.6 cm³/mol. The molecule has 0 amide bonds. The summed E-state index contributed by atoms with van der Waals surface area (Å²) in [5, 5.41) is 4.46. The Kier molecular flexibility index (Phi) is 4.10. The molecule has 2 fully saturated rings. The monoisotopic (exact) mass is 277 g/mol. The molecule has 1 unspecified atom stereocenters. The van der Waals surface area contributed by atoms with Crippen molar-refractivity contribution in [1.29, 1.82) is 0 Å².